The summed E-state index contributed by atoms with van der Waals surface area (Å²) in [6.45, 7) is 0. The van der Waals surface area contributed by atoms with Gasteiger partial charge < -0.3 is 10.8 Å². The molecule has 0 aromatic heterocycles. The van der Waals surface area contributed by atoms with Crippen LogP contribution in [0.25, 0.3) is 0 Å². The molecule has 4 nitrogen and oxygen atoms in total. The molecule has 98 valence electrons. The van der Waals surface area contributed by atoms with Crippen LogP contribution in [0.1, 0.15) is 57.8 Å². The highest BCUT2D eigenvalue weighted by molar-refractivity contribution is 5.79. The Bertz CT molecular complexity index is 275. The van der Waals surface area contributed by atoms with Gasteiger partial charge >= 0.3 is 5.97 Å². The van der Waals surface area contributed by atoms with Crippen LogP contribution in [0.4, 0.5) is 0 Å². The molecule has 0 aromatic rings. The average Bonchev–Trinajstić information content (AvgIpc) is 2.33. The molecule has 2 unspecified atom stereocenters. The maximum atomic E-state index is 11.6. The van der Waals surface area contributed by atoms with Crippen LogP contribution in [0.3, 0.4) is 0 Å². The summed E-state index contributed by atoms with van der Waals surface area (Å²) >= 11 is 0. The van der Waals surface area contributed by atoms with Gasteiger partial charge in [-0.3, -0.25) is 10.1 Å². The van der Waals surface area contributed by atoms with Crippen molar-refractivity contribution in [3.63, 3.8) is 0 Å². The summed E-state index contributed by atoms with van der Waals surface area (Å²) < 4.78 is 0. The Morgan fingerprint density at radius 1 is 1.12 bits per heavy atom. The first-order chi connectivity index (χ1) is 8.14. The van der Waals surface area contributed by atoms with Crippen LogP contribution in [-0.4, -0.2) is 28.7 Å². The molecule has 0 aromatic carbocycles. The highest BCUT2D eigenvalue weighted by atomic mass is 16.4. The fraction of sp³-hybridized carbons (Fsp3) is 0.923. The molecule has 2 aliphatic carbocycles. The highest BCUT2D eigenvalue weighted by Crippen LogP contribution is 2.31. The third kappa shape index (κ3) is 2.80. The second kappa shape index (κ2) is 5.36. The highest BCUT2D eigenvalue weighted by Gasteiger charge is 2.42. The lowest BCUT2D eigenvalue weighted by Gasteiger charge is -2.40. The standard InChI is InChI=1S/C13H24N2O2/c14-10-6-2-3-7-11(10)15-13(12(16)17)8-4-1-5-9-13/h10-11,15H,1-9,14H2,(H,16,17). The minimum Gasteiger partial charge on any atom is -0.480 e. The van der Waals surface area contributed by atoms with Gasteiger partial charge in [-0.15, -0.1) is 0 Å². The second-order valence-electron chi connectivity index (χ2n) is 5.65. The van der Waals surface area contributed by atoms with Crippen LogP contribution in [0.2, 0.25) is 0 Å². The number of carboxylic acid groups (broad SMARTS) is 1. The molecule has 2 aliphatic rings. The van der Waals surface area contributed by atoms with Gasteiger partial charge in [0.05, 0.1) is 0 Å². The molecule has 4 heteroatoms. The average molecular weight is 240 g/mol. The van der Waals surface area contributed by atoms with Crippen LogP contribution >= 0.6 is 0 Å². The Morgan fingerprint density at radius 3 is 2.35 bits per heavy atom. The van der Waals surface area contributed by atoms with E-state index in [0.29, 0.717) is 0 Å². The predicted molar refractivity (Wildman–Crippen MR) is 66.8 cm³/mol. The second-order valence-corrected chi connectivity index (χ2v) is 5.65. The van der Waals surface area contributed by atoms with E-state index in [4.69, 9.17) is 5.73 Å². The fourth-order valence-corrected chi connectivity index (χ4v) is 3.27. The minimum atomic E-state index is -0.697. The van der Waals surface area contributed by atoms with Crippen molar-refractivity contribution in [1.29, 1.82) is 0 Å². The first-order valence-corrected chi connectivity index (χ1v) is 6.91. The van der Waals surface area contributed by atoms with Gasteiger partial charge in [0.25, 0.3) is 0 Å². The van der Waals surface area contributed by atoms with E-state index in [1.54, 1.807) is 0 Å². The molecule has 0 amide bonds. The number of aliphatic carboxylic acids is 1. The van der Waals surface area contributed by atoms with Crippen molar-refractivity contribution in [3.05, 3.63) is 0 Å². The number of hydrogen-bond acceptors (Lipinski definition) is 3. The van der Waals surface area contributed by atoms with E-state index in [1.807, 2.05) is 0 Å². The molecule has 0 aliphatic heterocycles. The molecule has 2 rings (SSSR count). The van der Waals surface area contributed by atoms with Crippen molar-refractivity contribution >= 4 is 5.97 Å². The first kappa shape index (κ1) is 12.8. The van der Waals surface area contributed by atoms with Gasteiger partial charge in [-0.25, -0.2) is 0 Å². The lowest BCUT2D eigenvalue weighted by Crippen LogP contribution is -2.61. The van der Waals surface area contributed by atoms with Gasteiger partial charge in [0.2, 0.25) is 0 Å². The van der Waals surface area contributed by atoms with Crippen molar-refractivity contribution in [1.82, 2.24) is 5.32 Å². The van der Waals surface area contributed by atoms with E-state index in [1.165, 1.54) is 12.8 Å². The van der Waals surface area contributed by atoms with Gasteiger partial charge in [-0.1, -0.05) is 32.1 Å². The number of nitrogens with one attached hydrogen (secondary N) is 1. The summed E-state index contributed by atoms with van der Waals surface area (Å²) in [6, 6.07) is 0.319. The molecule has 0 saturated heterocycles. The summed E-state index contributed by atoms with van der Waals surface area (Å²) in [4.78, 5) is 11.6. The molecule has 2 fully saturated rings. The number of carbonyl (C=O) groups is 1. The Balaban J connectivity index is 2.03. The van der Waals surface area contributed by atoms with Gasteiger partial charge in [-0.2, -0.15) is 0 Å². The van der Waals surface area contributed by atoms with Crippen LogP contribution in [0, 0.1) is 0 Å². The molecule has 0 bridgehead atoms. The first-order valence-electron chi connectivity index (χ1n) is 6.91. The van der Waals surface area contributed by atoms with E-state index >= 15 is 0 Å². The predicted octanol–water partition coefficient (Wildman–Crippen LogP) is 1.63. The van der Waals surface area contributed by atoms with Gasteiger partial charge in [0.1, 0.15) is 5.54 Å². The van der Waals surface area contributed by atoms with E-state index in [9.17, 15) is 9.90 Å². The van der Waals surface area contributed by atoms with Crippen molar-refractivity contribution in [2.45, 2.75) is 75.4 Å². The van der Waals surface area contributed by atoms with Gasteiger partial charge in [0, 0.05) is 12.1 Å². The molecule has 2 saturated carbocycles. The summed E-state index contributed by atoms with van der Waals surface area (Å²) in [7, 11) is 0. The maximum absolute atomic E-state index is 11.6. The summed E-state index contributed by atoms with van der Waals surface area (Å²) in [5.74, 6) is -0.685. The minimum absolute atomic E-state index is 0.127. The van der Waals surface area contributed by atoms with Gasteiger partial charge in [-0.05, 0) is 25.7 Å². The molecule has 2 atom stereocenters. The lowest BCUT2D eigenvalue weighted by molar-refractivity contribution is -0.147. The van der Waals surface area contributed by atoms with E-state index in [2.05, 4.69) is 5.32 Å². The zero-order valence-electron chi connectivity index (χ0n) is 10.5. The molecule has 4 N–H and O–H groups in total. The SMILES string of the molecule is NC1CCCCC1NC1(C(=O)O)CCCCC1. The van der Waals surface area contributed by atoms with Crippen LogP contribution in [-0.2, 0) is 4.79 Å². The number of carboxylic acids is 1. The Hall–Kier alpha value is -0.610. The summed E-state index contributed by atoms with van der Waals surface area (Å²) in [6.07, 6.45) is 9.09. The third-order valence-corrected chi connectivity index (χ3v) is 4.40. The van der Waals surface area contributed by atoms with Crippen LogP contribution < -0.4 is 11.1 Å². The summed E-state index contributed by atoms with van der Waals surface area (Å²) in [5, 5.41) is 12.9. The van der Waals surface area contributed by atoms with Crippen LogP contribution in [0.5, 0.6) is 0 Å². The number of hydrogen-bond donors (Lipinski definition) is 3. The fourth-order valence-electron chi connectivity index (χ4n) is 3.27. The Labute approximate surface area is 103 Å². The zero-order chi connectivity index (χ0) is 12.3. The normalized spacial score (nSPS) is 33.2. The van der Waals surface area contributed by atoms with Crippen LogP contribution in [0.15, 0.2) is 0 Å². The maximum Gasteiger partial charge on any atom is 0.323 e. The molecule has 17 heavy (non-hydrogen) atoms. The Kier molecular flexibility index (Phi) is 4.05. The van der Waals surface area contributed by atoms with Crippen molar-refractivity contribution in [2.24, 2.45) is 5.73 Å². The molecular formula is C13H24N2O2. The van der Waals surface area contributed by atoms with Crippen molar-refractivity contribution in [3.8, 4) is 0 Å². The Morgan fingerprint density at radius 2 is 1.76 bits per heavy atom. The number of rotatable bonds is 3. The quantitative estimate of drug-likeness (QED) is 0.701. The lowest BCUT2D eigenvalue weighted by atomic mass is 9.79. The van der Waals surface area contributed by atoms with Crippen molar-refractivity contribution in [2.75, 3.05) is 0 Å². The van der Waals surface area contributed by atoms with E-state index in [-0.39, 0.29) is 12.1 Å². The summed E-state index contributed by atoms with van der Waals surface area (Å²) in [5.41, 5.74) is 5.40. The van der Waals surface area contributed by atoms with Crippen molar-refractivity contribution < 1.29 is 9.90 Å². The molecule has 0 spiro atoms. The smallest absolute Gasteiger partial charge is 0.323 e. The molecule has 0 heterocycles. The largest absolute Gasteiger partial charge is 0.480 e. The van der Waals surface area contributed by atoms with E-state index in [0.717, 1.165) is 44.9 Å². The molecule has 0 radical (unpaired) electrons. The zero-order valence-corrected chi connectivity index (χ0v) is 10.5. The van der Waals surface area contributed by atoms with Gasteiger partial charge in [0.15, 0.2) is 0 Å². The topological polar surface area (TPSA) is 75.3 Å². The molecular weight excluding hydrogens is 216 g/mol. The monoisotopic (exact) mass is 240 g/mol. The number of nitrogens with two attached hydrogens (primary N) is 1. The third-order valence-electron chi connectivity index (χ3n) is 4.40. The van der Waals surface area contributed by atoms with E-state index < -0.39 is 11.5 Å².